The van der Waals surface area contributed by atoms with Crippen molar-refractivity contribution in [1.29, 1.82) is 0 Å². The third-order valence-electron chi connectivity index (χ3n) is 1.38. The lowest BCUT2D eigenvalue weighted by atomic mass is 10.7. The third-order valence-corrected chi connectivity index (χ3v) is 2.41. The summed E-state index contributed by atoms with van der Waals surface area (Å²) in [6.07, 6.45) is 2.67. The molecule has 70 valence electrons. The first-order valence-electron chi connectivity index (χ1n) is 3.43. The molecule has 0 radical (unpaired) electrons. The average molecular weight is 201 g/mol. The molecule has 0 aliphatic heterocycles. The Kier molecular flexibility index (Phi) is 2.54. The summed E-state index contributed by atoms with van der Waals surface area (Å²) in [7, 11) is -3.92. The SMILES string of the molecule is CCn1cnc(S(=O)(=O)N=[N+]=[N-])c1. The Morgan fingerprint density at radius 1 is 1.77 bits per heavy atom. The van der Waals surface area contributed by atoms with Gasteiger partial charge < -0.3 is 4.57 Å². The van der Waals surface area contributed by atoms with E-state index in [9.17, 15) is 8.42 Å². The van der Waals surface area contributed by atoms with E-state index in [2.05, 4.69) is 14.4 Å². The first-order chi connectivity index (χ1) is 6.10. The normalized spacial score (nSPS) is 10.8. The number of aromatic nitrogens is 2. The monoisotopic (exact) mass is 201 g/mol. The van der Waals surface area contributed by atoms with Crippen molar-refractivity contribution in [3.63, 3.8) is 0 Å². The summed E-state index contributed by atoms with van der Waals surface area (Å²) < 4.78 is 26.4. The van der Waals surface area contributed by atoms with Crippen molar-refractivity contribution in [1.82, 2.24) is 9.55 Å². The molecule has 7 nitrogen and oxygen atoms in total. The number of nitrogens with zero attached hydrogens (tertiary/aromatic N) is 5. The molecule has 0 bridgehead atoms. The highest BCUT2D eigenvalue weighted by atomic mass is 32.2. The van der Waals surface area contributed by atoms with E-state index in [1.54, 1.807) is 4.57 Å². The van der Waals surface area contributed by atoms with Gasteiger partial charge in [0.05, 0.1) is 6.33 Å². The van der Waals surface area contributed by atoms with Gasteiger partial charge in [-0.05, 0) is 12.5 Å². The summed E-state index contributed by atoms with van der Waals surface area (Å²) in [6.45, 7) is 2.45. The molecule has 0 saturated carbocycles. The first-order valence-corrected chi connectivity index (χ1v) is 4.87. The van der Waals surface area contributed by atoms with Gasteiger partial charge in [0, 0.05) is 22.2 Å². The molecule has 0 aliphatic carbocycles. The largest absolute Gasteiger partial charge is 0.336 e. The third kappa shape index (κ3) is 1.98. The van der Waals surface area contributed by atoms with Crippen LogP contribution in [-0.4, -0.2) is 18.0 Å². The van der Waals surface area contributed by atoms with Gasteiger partial charge in [-0.3, -0.25) is 0 Å². The van der Waals surface area contributed by atoms with Gasteiger partial charge in [0.1, 0.15) is 0 Å². The Bertz CT molecular complexity index is 441. The predicted octanol–water partition coefficient (Wildman–Crippen LogP) is 0.902. The number of sulfonamides is 1. The molecule has 1 heterocycles. The van der Waals surface area contributed by atoms with Crippen LogP contribution in [0.15, 0.2) is 22.1 Å². The van der Waals surface area contributed by atoms with Crippen LogP contribution in [0.4, 0.5) is 0 Å². The standard InChI is InChI=1S/C5H7N5O2S/c1-2-10-3-5(7-4-10)13(11,12)9-8-6/h3-4H,2H2,1H3. The molecule has 0 unspecified atom stereocenters. The van der Waals surface area contributed by atoms with Crippen molar-refractivity contribution in [2.24, 2.45) is 4.52 Å². The van der Waals surface area contributed by atoms with Crippen molar-refractivity contribution in [3.8, 4) is 0 Å². The van der Waals surface area contributed by atoms with Crippen LogP contribution < -0.4 is 0 Å². The number of hydrogen-bond donors (Lipinski definition) is 0. The van der Waals surface area contributed by atoms with Gasteiger partial charge in [0.15, 0.2) is 5.03 Å². The summed E-state index contributed by atoms with van der Waals surface area (Å²) >= 11 is 0. The molecule has 0 aliphatic rings. The fraction of sp³-hybridized carbons (Fsp3) is 0.400. The van der Waals surface area contributed by atoms with Crippen molar-refractivity contribution < 1.29 is 8.42 Å². The number of aryl methyl sites for hydroxylation is 1. The minimum atomic E-state index is -3.92. The molecule has 8 heteroatoms. The predicted molar refractivity (Wildman–Crippen MR) is 44.2 cm³/mol. The lowest BCUT2D eigenvalue weighted by Gasteiger charge is -1.90. The fourth-order valence-electron chi connectivity index (χ4n) is 0.736. The number of imidazole rings is 1. The molecule has 0 aromatic carbocycles. The first kappa shape index (κ1) is 9.56. The molecule has 13 heavy (non-hydrogen) atoms. The molecular weight excluding hydrogens is 194 g/mol. The lowest BCUT2D eigenvalue weighted by molar-refractivity contribution is 0.594. The van der Waals surface area contributed by atoms with Gasteiger partial charge in [-0.1, -0.05) is 0 Å². The highest BCUT2D eigenvalue weighted by molar-refractivity contribution is 7.89. The van der Waals surface area contributed by atoms with E-state index >= 15 is 0 Å². The van der Waals surface area contributed by atoms with E-state index < -0.39 is 10.0 Å². The summed E-state index contributed by atoms with van der Waals surface area (Å²) in [6, 6.07) is 0. The van der Waals surface area contributed by atoms with Crippen molar-refractivity contribution in [2.75, 3.05) is 0 Å². The maximum Gasteiger partial charge on any atom is 0.283 e. The van der Waals surface area contributed by atoms with Crippen LogP contribution in [0.25, 0.3) is 10.4 Å². The van der Waals surface area contributed by atoms with Crippen LogP contribution in [0.1, 0.15) is 6.92 Å². The van der Waals surface area contributed by atoms with Gasteiger partial charge in [0.25, 0.3) is 10.0 Å². The van der Waals surface area contributed by atoms with E-state index in [0.717, 1.165) is 0 Å². The minimum absolute atomic E-state index is 0.229. The summed E-state index contributed by atoms with van der Waals surface area (Å²) in [5.74, 6) is 0. The van der Waals surface area contributed by atoms with Crippen LogP contribution in [0, 0.1) is 0 Å². The van der Waals surface area contributed by atoms with Crippen LogP contribution in [0.5, 0.6) is 0 Å². The molecular formula is C5H7N5O2S. The zero-order valence-electron chi connectivity index (χ0n) is 6.82. The average Bonchev–Trinajstić information content (AvgIpc) is 2.52. The highest BCUT2D eigenvalue weighted by Crippen LogP contribution is 2.08. The van der Waals surface area contributed by atoms with Crippen LogP contribution in [-0.2, 0) is 16.6 Å². The van der Waals surface area contributed by atoms with E-state index in [1.807, 2.05) is 6.92 Å². The molecule has 0 amide bonds. The molecule has 0 spiro atoms. The van der Waals surface area contributed by atoms with E-state index in [4.69, 9.17) is 5.53 Å². The molecule has 0 N–H and O–H groups in total. The Labute approximate surface area is 74.7 Å². The number of hydrogen-bond acceptors (Lipinski definition) is 3. The van der Waals surface area contributed by atoms with Gasteiger partial charge in [0.2, 0.25) is 0 Å². The minimum Gasteiger partial charge on any atom is -0.336 e. The number of azide groups is 1. The molecule has 0 saturated heterocycles. The van der Waals surface area contributed by atoms with Crippen molar-refractivity contribution in [3.05, 3.63) is 23.0 Å². The van der Waals surface area contributed by atoms with Crippen LogP contribution in [0.2, 0.25) is 0 Å². The number of rotatable bonds is 3. The summed E-state index contributed by atoms with van der Waals surface area (Å²) in [5, 5.41) is -0.229. The van der Waals surface area contributed by atoms with E-state index in [-0.39, 0.29) is 5.03 Å². The highest BCUT2D eigenvalue weighted by Gasteiger charge is 2.14. The van der Waals surface area contributed by atoms with Gasteiger partial charge in [-0.15, -0.1) is 0 Å². The Balaban J connectivity index is 3.15. The summed E-state index contributed by atoms with van der Waals surface area (Å²) in [5.41, 5.74) is 7.97. The Morgan fingerprint density at radius 3 is 2.92 bits per heavy atom. The maximum atomic E-state index is 11.1. The zero-order chi connectivity index (χ0) is 9.90. The molecule has 1 aromatic heterocycles. The van der Waals surface area contributed by atoms with Crippen molar-refractivity contribution >= 4 is 10.0 Å². The zero-order valence-corrected chi connectivity index (χ0v) is 7.64. The van der Waals surface area contributed by atoms with E-state index in [1.165, 1.54) is 12.5 Å². The Morgan fingerprint density at radius 2 is 2.46 bits per heavy atom. The van der Waals surface area contributed by atoms with Gasteiger partial charge in [-0.25, -0.2) is 13.4 Å². The molecule has 0 atom stereocenters. The second kappa shape index (κ2) is 3.46. The maximum absolute atomic E-state index is 11.1. The fourth-order valence-corrected chi connectivity index (χ4v) is 1.36. The van der Waals surface area contributed by atoms with Crippen LogP contribution in [0.3, 0.4) is 0 Å². The second-order valence-electron chi connectivity index (χ2n) is 2.19. The Hall–Kier alpha value is -1.53. The molecule has 1 aromatic rings. The smallest absolute Gasteiger partial charge is 0.283 e. The topological polar surface area (TPSA) is 101 Å². The lowest BCUT2D eigenvalue weighted by Crippen LogP contribution is -1.95. The molecule has 0 fully saturated rings. The molecule has 1 rings (SSSR count). The summed E-state index contributed by atoms with van der Waals surface area (Å²) in [4.78, 5) is 5.79. The van der Waals surface area contributed by atoms with Crippen LogP contribution >= 0.6 is 0 Å². The van der Waals surface area contributed by atoms with E-state index in [0.29, 0.717) is 6.54 Å². The van der Waals surface area contributed by atoms with Gasteiger partial charge >= 0.3 is 0 Å². The van der Waals surface area contributed by atoms with Crippen molar-refractivity contribution in [2.45, 2.75) is 18.5 Å². The van der Waals surface area contributed by atoms with Gasteiger partial charge in [-0.2, -0.15) is 0 Å². The quantitative estimate of drug-likeness (QED) is 0.412. The second-order valence-corrected chi connectivity index (χ2v) is 3.72.